The summed E-state index contributed by atoms with van der Waals surface area (Å²) in [5.41, 5.74) is 16.1. The minimum atomic E-state index is -0.213. The molecule has 2 aliphatic carbocycles. The number of primary amides is 1. The maximum absolute atomic E-state index is 13.1. The van der Waals surface area contributed by atoms with Crippen LogP contribution in [-0.2, 0) is 22.6 Å². The van der Waals surface area contributed by atoms with E-state index in [1.807, 2.05) is 12.1 Å². The lowest BCUT2D eigenvalue weighted by molar-refractivity contribution is -0.121. The summed E-state index contributed by atoms with van der Waals surface area (Å²) in [6.07, 6.45) is 5.69. The van der Waals surface area contributed by atoms with Crippen LogP contribution in [0.2, 0.25) is 5.02 Å². The summed E-state index contributed by atoms with van der Waals surface area (Å²) in [5, 5.41) is 3.53. The molecule has 2 unspecified atom stereocenters. The zero-order valence-electron chi connectivity index (χ0n) is 19.7. The molecule has 180 valence electrons. The maximum atomic E-state index is 13.1. The van der Waals surface area contributed by atoms with Gasteiger partial charge in [0.25, 0.3) is 0 Å². The molecule has 0 bridgehead atoms. The molecule has 0 saturated heterocycles. The van der Waals surface area contributed by atoms with E-state index < -0.39 is 0 Å². The number of anilines is 1. The standard InChI is InChI=1S/C26H32ClN5O2/c1-13(28)21-8-19(22-10-26(2,3)12-32(21)22)18-9-23(30-11-20(18)27)31-25(34)17-6-14-4-16(24(29)33)5-15(14)7-17/h8-9,11,14-17H,1,4-7,10,12,28H2,2-3H3,(H2,29,33)(H,30,31,34)/t14-,15+,16?,17?. The molecule has 5 N–H and O–H groups in total. The van der Waals surface area contributed by atoms with Gasteiger partial charge in [0.1, 0.15) is 5.82 Å². The molecule has 8 heteroatoms. The van der Waals surface area contributed by atoms with Gasteiger partial charge in [-0.3, -0.25) is 9.59 Å². The van der Waals surface area contributed by atoms with Crippen LogP contribution in [0.5, 0.6) is 0 Å². The lowest BCUT2D eigenvalue weighted by atomic mass is 9.89. The van der Waals surface area contributed by atoms with Crippen molar-refractivity contribution in [3.05, 3.63) is 41.3 Å². The zero-order valence-corrected chi connectivity index (χ0v) is 20.5. The van der Waals surface area contributed by atoms with E-state index in [1.165, 1.54) is 5.69 Å². The number of rotatable bonds is 5. The first-order chi connectivity index (χ1) is 16.0. The molecule has 0 spiro atoms. The van der Waals surface area contributed by atoms with Crippen molar-refractivity contribution in [3.8, 4) is 11.1 Å². The number of hydrogen-bond donors (Lipinski definition) is 3. The molecule has 0 radical (unpaired) electrons. The molecule has 2 aromatic heterocycles. The van der Waals surface area contributed by atoms with E-state index in [-0.39, 0.29) is 29.1 Å². The summed E-state index contributed by atoms with van der Waals surface area (Å²) < 4.78 is 2.23. The Labute approximate surface area is 204 Å². The predicted octanol–water partition coefficient (Wildman–Crippen LogP) is 4.19. The predicted molar refractivity (Wildman–Crippen MR) is 134 cm³/mol. The average molecular weight is 482 g/mol. The first-order valence-electron chi connectivity index (χ1n) is 12.0. The van der Waals surface area contributed by atoms with Crippen LogP contribution >= 0.6 is 11.6 Å². The summed E-state index contributed by atoms with van der Waals surface area (Å²) in [7, 11) is 0. The third kappa shape index (κ3) is 4.00. The van der Waals surface area contributed by atoms with Crippen LogP contribution in [0, 0.1) is 29.1 Å². The number of pyridine rings is 1. The highest BCUT2D eigenvalue weighted by Crippen LogP contribution is 2.49. The molecule has 2 saturated carbocycles. The van der Waals surface area contributed by atoms with E-state index >= 15 is 0 Å². The molecule has 2 amide bonds. The van der Waals surface area contributed by atoms with Crippen molar-refractivity contribution in [2.45, 2.75) is 52.5 Å². The van der Waals surface area contributed by atoms with Gasteiger partial charge in [0.05, 0.1) is 10.7 Å². The van der Waals surface area contributed by atoms with E-state index in [0.717, 1.165) is 55.5 Å². The summed E-state index contributed by atoms with van der Waals surface area (Å²) >= 11 is 6.58. The Morgan fingerprint density at radius 1 is 1.12 bits per heavy atom. The van der Waals surface area contributed by atoms with E-state index in [4.69, 9.17) is 23.1 Å². The number of halogens is 1. The van der Waals surface area contributed by atoms with Gasteiger partial charge in [-0.25, -0.2) is 4.98 Å². The van der Waals surface area contributed by atoms with E-state index in [0.29, 0.717) is 28.4 Å². The lowest BCUT2D eigenvalue weighted by Gasteiger charge is -2.17. The van der Waals surface area contributed by atoms with Crippen molar-refractivity contribution in [2.75, 3.05) is 5.32 Å². The Morgan fingerprint density at radius 3 is 2.38 bits per heavy atom. The van der Waals surface area contributed by atoms with Crippen molar-refractivity contribution >= 4 is 34.9 Å². The van der Waals surface area contributed by atoms with Gasteiger partial charge in [0.15, 0.2) is 0 Å². The maximum Gasteiger partial charge on any atom is 0.228 e. The molecule has 34 heavy (non-hydrogen) atoms. The Hall–Kier alpha value is -2.80. The summed E-state index contributed by atoms with van der Waals surface area (Å²) in [4.78, 5) is 28.9. The number of amides is 2. The van der Waals surface area contributed by atoms with Crippen LogP contribution in [-0.4, -0.2) is 21.4 Å². The van der Waals surface area contributed by atoms with Crippen LogP contribution in [0.1, 0.15) is 50.9 Å². The van der Waals surface area contributed by atoms with Crippen molar-refractivity contribution < 1.29 is 9.59 Å². The number of carbonyl (C=O) groups excluding carboxylic acids is 2. The molecule has 7 nitrogen and oxygen atoms in total. The van der Waals surface area contributed by atoms with Gasteiger partial charge in [-0.05, 0) is 61.5 Å². The molecule has 5 rings (SSSR count). The molecule has 4 atom stereocenters. The molecule has 2 fully saturated rings. The molecular formula is C26H32ClN5O2. The van der Waals surface area contributed by atoms with Gasteiger partial charge >= 0.3 is 0 Å². The van der Waals surface area contributed by atoms with Crippen LogP contribution < -0.4 is 16.8 Å². The molecule has 3 heterocycles. The number of hydrogen-bond acceptors (Lipinski definition) is 4. The van der Waals surface area contributed by atoms with Gasteiger partial charge in [0, 0.05) is 47.1 Å². The van der Waals surface area contributed by atoms with Crippen molar-refractivity contribution in [1.82, 2.24) is 9.55 Å². The summed E-state index contributed by atoms with van der Waals surface area (Å²) in [6, 6.07) is 3.89. The van der Waals surface area contributed by atoms with Gasteiger partial charge < -0.3 is 21.4 Å². The molecule has 3 aliphatic rings. The van der Waals surface area contributed by atoms with Gasteiger partial charge in [-0.1, -0.05) is 32.0 Å². The van der Waals surface area contributed by atoms with Gasteiger partial charge in [0.2, 0.25) is 11.8 Å². The highest BCUT2D eigenvalue weighted by Gasteiger charge is 2.45. The van der Waals surface area contributed by atoms with Crippen molar-refractivity contribution in [1.29, 1.82) is 0 Å². The molecule has 0 aromatic carbocycles. The fourth-order valence-electron chi connectivity index (χ4n) is 6.40. The molecular weight excluding hydrogens is 450 g/mol. The van der Waals surface area contributed by atoms with Crippen LogP contribution in [0.25, 0.3) is 16.8 Å². The minimum Gasteiger partial charge on any atom is -0.398 e. The monoisotopic (exact) mass is 481 g/mol. The second kappa shape index (κ2) is 8.15. The normalized spacial score (nSPS) is 26.8. The minimum absolute atomic E-state index is 0.0231. The Balaban J connectivity index is 1.36. The van der Waals surface area contributed by atoms with E-state index in [1.54, 1.807) is 6.20 Å². The van der Waals surface area contributed by atoms with E-state index in [2.05, 4.69) is 35.3 Å². The summed E-state index contributed by atoms with van der Waals surface area (Å²) in [5.74, 6) is 0.941. The first kappa shape index (κ1) is 23.0. The van der Waals surface area contributed by atoms with Crippen LogP contribution in [0.4, 0.5) is 5.82 Å². The van der Waals surface area contributed by atoms with Crippen molar-refractivity contribution in [2.24, 2.45) is 40.6 Å². The average Bonchev–Trinajstić information content (AvgIpc) is 3.46. The number of nitrogens with zero attached hydrogens (tertiary/aromatic N) is 2. The molecule has 1 aliphatic heterocycles. The highest BCUT2D eigenvalue weighted by atomic mass is 35.5. The second-order valence-electron chi connectivity index (χ2n) is 11.1. The number of nitrogens with one attached hydrogen (secondary N) is 1. The quantitative estimate of drug-likeness (QED) is 0.593. The SMILES string of the molecule is C=C(N)c1cc(-c2cc(NC(=O)C3C[C@H]4CC(C(N)=O)C[C@H]4C3)ncc2Cl)c2n1CC(C)(C)C2. The highest BCUT2D eigenvalue weighted by molar-refractivity contribution is 6.33. The van der Waals surface area contributed by atoms with E-state index in [9.17, 15) is 9.59 Å². The van der Waals surface area contributed by atoms with Crippen molar-refractivity contribution in [3.63, 3.8) is 0 Å². The third-order valence-corrected chi connectivity index (χ3v) is 8.26. The number of fused-ring (bicyclic) bond motifs is 2. The number of aromatic nitrogens is 2. The van der Waals surface area contributed by atoms with Gasteiger partial charge in [-0.15, -0.1) is 0 Å². The Kier molecular flexibility index (Phi) is 5.51. The first-order valence-corrected chi connectivity index (χ1v) is 12.3. The fourth-order valence-corrected chi connectivity index (χ4v) is 6.61. The lowest BCUT2D eigenvalue weighted by Crippen LogP contribution is -2.24. The number of carbonyl (C=O) groups is 2. The zero-order chi connectivity index (χ0) is 24.4. The number of nitrogens with two attached hydrogens (primary N) is 2. The third-order valence-electron chi connectivity index (χ3n) is 7.96. The topological polar surface area (TPSA) is 116 Å². The summed E-state index contributed by atoms with van der Waals surface area (Å²) in [6.45, 7) is 9.27. The van der Waals surface area contributed by atoms with Gasteiger partial charge in [-0.2, -0.15) is 0 Å². The van der Waals surface area contributed by atoms with Crippen LogP contribution in [0.3, 0.4) is 0 Å². The fraction of sp³-hybridized carbons (Fsp3) is 0.500. The Morgan fingerprint density at radius 2 is 1.76 bits per heavy atom. The largest absolute Gasteiger partial charge is 0.398 e. The molecule has 2 aromatic rings. The Bertz CT molecular complexity index is 1190. The van der Waals surface area contributed by atoms with Crippen LogP contribution in [0.15, 0.2) is 24.9 Å². The second-order valence-corrected chi connectivity index (χ2v) is 11.5. The smallest absolute Gasteiger partial charge is 0.228 e.